The van der Waals surface area contributed by atoms with E-state index in [1.165, 1.54) is 23.0 Å². The van der Waals surface area contributed by atoms with E-state index in [-0.39, 0.29) is 29.4 Å². The molecule has 0 bridgehead atoms. The molecule has 4 rings (SSSR count). The standard InChI is InChI=1S/C19H20N6O2S/c20-19-23-16(8-17(26)24-19)25-7-6-13(12-4-2-1-3-5-12)14(9-25)22-18(27)15-10-28-11-21-15/h1-5,8,10-11,13-14H,6-7,9H2,(H,22,27)(H3,20,23,24,26)/t13-,14-/m0/s1. The fourth-order valence-electron chi connectivity index (χ4n) is 3.60. The smallest absolute Gasteiger partial charge is 0.271 e. The van der Waals surface area contributed by atoms with E-state index >= 15 is 0 Å². The van der Waals surface area contributed by atoms with Gasteiger partial charge in [0.15, 0.2) is 0 Å². The molecule has 2 atom stereocenters. The van der Waals surface area contributed by atoms with E-state index in [0.29, 0.717) is 24.6 Å². The molecule has 144 valence electrons. The number of carbonyl (C=O) groups excluding carboxylic acids is 1. The van der Waals surface area contributed by atoms with Gasteiger partial charge >= 0.3 is 0 Å². The topological polar surface area (TPSA) is 117 Å². The van der Waals surface area contributed by atoms with Crippen molar-refractivity contribution in [3.63, 3.8) is 0 Å². The Bertz CT molecular complexity index is 1000. The van der Waals surface area contributed by atoms with Crippen molar-refractivity contribution in [2.75, 3.05) is 23.7 Å². The molecule has 28 heavy (non-hydrogen) atoms. The summed E-state index contributed by atoms with van der Waals surface area (Å²) in [6, 6.07) is 11.4. The molecule has 3 heterocycles. The third kappa shape index (κ3) is 3.89. The number of rotatable bonds is 4. The van der Waals surface area contributed by atoms with Gasteiger partial charge in [-0.25, -0.2) is 4.98 Å². The first kappa shape index (κ1) is 18.2. The Hall–Kier alpha value is -3.20. The molecule has 1 aliphatic rings. The summed E-state index contributed by atoms with van der Waals surface area (Å²) in [6.07, 6.45) is 0.806. The largest absolute Gasteiger partial charge is 0.369 e. The van der Waals surface area contributed by atoms with Crippen molar-refractivity contribution in [2.24, 2.45) is 0 Å². The molecular formula is C19H20N6O2S. The van der Waals surface area contributed by atoms with E-state index in [9.17, 15) is 9.59 Å². The number of hydrogen-bond donors (Lipinski definition) is 3. The normalized spacial score (nSPS) is 19.4. The highest BCUT2D eigenvalue weighted by atomic mass is 32.1. The van der Waals surface area contributed by atoms with Crippen LogP contribution in [0, 0.1) is 0 Å². The van der Waals surface area contributed by atoms with Gasteiger partial charge in [0.05, 0.1) is 11.6 Å². The van der Waals surface area contributed by atoms with Crippen LogP contribution >= 0.6 is 11.3 Å². The molecule has 8 nitrogen and oxygen atoms in total. The summed E-state index contributed by atoms with van der Waals surface area (Å²) in [5, 5.41) is 4.85. The zero-order valence-electron chi connectivity index (χ0n) is 15.0. The molecule has 4 N–H and O–H groups in total. The summed E-state index contributed by atoms with van der Waals surface area (Å²) in [6.45, 7) is 1.23. The number of H-pyrrole nitrogens is 1. The molecule has 1 aliphatic heterocycles. The van der Waals surface area contributed by atoms with Crippen LogP contribution in [0.4, 0.5) is 11.8 Å². The maximum atomic E-state index is 12.6. The van der Waals surface area contributed by atoms with Crippen molar-refractivity contribution in [3.05, 3.63) is 68.9 Å². The summed E-state index contributed by atoms with van der Waals surface area (Å²) < 4.78 is 0. The fraction of sp³-hybridized carbons (Fsp3) is 0.263. The second-order valence-corrected chi connectivity index (χ2v) is 7.41. The van der Waals surface area contributed by atoms with Crippen molar-refractivity contribution in [3.8, 4) is 0 Å². The van der Waals surface area contributed by atoms with Crippen LogP contribution in [-0.2, 0) is 0 Å². The van der Waals surface area contributed by atoms with Crippen LogP contribution in [0.3, 0.4) is 0 Å². The van der Waals surface area contributed by atoms with Gasteiger partial charge in [0.1, 0.15) is 11.5 Å². The Morgan fingerprint density at radius 3 is 2.86 bits per heavy atom. The first-order chi connectivity index (χ1) is 13.6. The van der Waals surface area contributed by atoms with Crippen molar-refractivity contribution < 1.29 is 4.79 Å². The number of nitrogen functional groups attached to an aromatic ring is 1. The van der Waals surface area contributed by atoms with Crippen LogP contribution in [0.25, 0.3) is 0 Å². The van der Waals surface area contributed by atoms with Gasteiger partial charge in [-0.05, 0) is 12.0 Å². The SMILES string of the molecule is Nc1nc(N2CC[C@@H](c3ccccc3)[C@@H](NC(=O)c3cscn3)C2)cc(=O)[nH]1. The Morgan fingerprint density at radius 1 is 1.32 bits per heavy atom. The number of aromatic amines is 1. The second kappa shape index (κ2) is 7.81. The molecule has 1 fully saturated rings. The van der Waals surface area contributed by atoms with Gasteiger partial charge < -0.3 is 16.0 Å². The lowest BCUT2D eigenvalue weighted by Crippen LogP contribution is -2.52. The van der Waals surface area contributed by atoms with Crippen molar-refractivity contribution in [1.82, 2.24) is 20.3 Å². The minimum Gasteiger partial charge on any atom is -0.369 e. The van der Waals surface area contributed by atoms with E-state index in [1.54, 1.807) is 10.9 Å². The molecule has 0 unspecified atom stereocenters. The summed E-state index contributed by atoms with van der Waals surface area (Å²) in [5.74, 6) is 0.545. The number of benzene rings is 1. The molecular weight excluding hydrogens is 376 g/mol. The van der Waals surface area contributed by atoms with E-state index in [1.807, 2.05) is 23.1 Å². The van der Waals surface area contributed by atoms with Gasteiger partial charge in [-0.3, -0.25) is 14.6 Å². The number of piperidine rings is 1. The number of aromatic nitrogens is 3. The van der Waals surface area contributed by atoms with Gasteiger partial charge in [0.2, 0.25) is 5.95 Å². The number of nitrogens with one attached hydrogen (secondary N) is 2. The predicted molar refractivity (Wildman–Crippen MR) is 109 cm³/mol. The van der Waals surface area contributed by atoms with Crippen LogP contribution in [0.15, 0.2) is 52.1 Å². The number of amides is 1. The average Bonchev–Trinajstić information content (AvgIpc) is 3.23. The highest BCUT2D eigenvalue weighted by Crippen LogP contribution is 2.30. The van der Waals surface area contributed by atoms with Crippen LogP contribution < -0.4 is 21.5 Å². The third-order valence-electron chi connectivity index (χ3n) is 4.89. The first-order valence-electron chi connectivity index (χ1n) is 8.96. The van der Waals surface area contributed by atoms with Crippen LogP contribution in [-0.4, -0.2) is 40.0 Å². The van der Waals surface area contributed by atoms with Gasteiger partial charge in [0.25, 0.3) is 11.5 Å². The average molecular weight is 396 g/mol. The van der Waals surface area contributed by atoms with Gasteiger partial charge in [-0.2, -0.15) is 4.98 Å². The van der Waals surface area contributed by atoms with Crippen LogP contribution in [0.1, 0.15) is 28.4 Å². The van der Waals surface area contributed by atoms with E-state index in [0.717, 1.165) is 6.42 Å². The number of nitrogens with two attached hydrogens (primary N) is 1. The fourth-order valence-corrected chi connectivity index (χ4v) is 4.13. The van der Waals surface area contributed by atoms with Gasteiger partial charge in [0, 0.05) is 30.5 Å². The van der Waals surface area contributed by atoms with Crippen molar-refractivity contribution in [2.45, 2.75) is 18.4 Å². The highest BCUT2D eigenvalue weighted by molar-refractivity contribution is 7.07. The van der Waals surface area contributed by atoms with Gasteiger partial charge in [-0.1, -0.05) is 30.3 Å². The molecule has 0 saturated carbocycles. The summed E-state index contributed by atoms with van der Waals surface area (Å²) in [4.78, 5) is 37.2. The predicted octanol–water partition coefficient (Wildman–Crippen LogP) is 1.60. The molecule has 0 radical (unpaired) electrons. The Kier molecular flexibility index (Phi) is 5.07. The molecule has 2 aromatic heterocycles. The zero-order valence-corrected chi connectivity index (χ0v) is 15.9. The first-order valence-corrected chi connectivity index (χ1v) is 9.90. The molecule has 9 heteroatoms. The quantitative estimate of drug-likeness (QED) is 0.617. The van der Waals surface area contributed by atoms with Crippen molar-refractivity contribution in [1.29, 1.82) is 0 Å². The Labute approximate surface area is 165 Å². The summed E-state index contributed by atoms with van der Waals surface area (Å²) in [7, 11) is 0. The van der Waals surface area contributed by atoms with Gasteiger partial charge in [-0.15, -0.1) is 11.3 Å². The van der Waals surface area contributed by atoms with E-state index < -0.39 is 0 Å². The minimum absolute atomic E-state index is 0.0794. The number of hydrogen-bond acceptors (Lipinski definition) is 7. The number of anilines is 2. The van der Waals surface area contributed by atoms with E-state index in [2.05, 4.69) is 32.4 Å². The monoisotopic (exact) mass is 396 g/mol. The Balaban J connectivity index is 1.61. The van der Waals surface area contributed by atoms with Crippen LogP contribution in [0.5, 0.6) is 0 Å². The lowest BCUT2D eigenvalue weighted by molar-refractivity contribution is 0.0923. The molecule has 0 aliphatic carbocycles. The van der Waals surface area contributed by atoms with Crippen LogP contribution in [0.2, 0.25) is 0 Å². The zero-order chi connectivity index (χ0) is 19.5. The number of thiazole rings is 1. The maximum Gasteiger partial charge on any atom is 0.271 e. The Morgan fingerprint density at radius 2 is 2.14 bits per heavy atom. The molecule has 1 amide bonds. The molecule has 3 aromatic rings. The van der Waals surface area contributed by atoms with E-state index in [4.69, 9.17) is 5.73 Å². The molecule has 1 aromatic carbocycles. The summed E-state index contributed by atoms with van der Waals surface area (Å²) >= 11 is 1.38. The molecule has 1 saturated heterocycles. The lowest BCUT2D eigenvalue weighted by atomic mass is 9.85. The maximum absolute atomic E-state index is 12.6. The number of carbonyl (C=O) groups is 1. The third-order valence-corrected chi connectivity index (χ3v) is 5.48. The second-order valence-electron chi connectivity index (χ2n) is 6.69. The number of nitrogens with zero attached hydrogens (tertiary/aromatic N) is 3. The minimum atomic E-state index is -0.296. The molecule has 0 spiro atoms. The lowest BCUT2D eigenvalue weighted by Gasteiger charge is -2.39. The van der Waals surface area contributed by atoms with Crippen molar-refractivity contribution >= 4 is 29.0 Å². The summed E-state index contributed by atoms with van der Waals surface area (Å²) in [5.41, 5.74) is 8.62. The highest BCUT2D eigenvalue weighted by Gasteiger charge is 2.32.